The molecule has 0 aromatic heterocycles. The van der Waals surface area contributed by atoms with Gasteiger partial charge in [0.05, 0.1) is 68.4 Å². The molecule has 0 fully saturated rings. The first kappa shape index (κ1) is 41.6. The van der Waals surface area contributed by atoms with Crippen LogP contribution in [0.25, 0.3) is 0 Å². The SMILES string of the molecule is O=C([O-])c1ccc2c(c1)C(=O)OC2=O.O=C([O-])c1ccc2c(c1)C(=O)OC2=O.O=C([O-])c1ccc2c(c1)C(=O)OC2=O.O=C([O-])c1ccc2c(c1)C(=O)OC2=O.[Mn]. The van der Waals surface area contributed by atoms with Crippen LogP contribution in [0.2, 0.25) is 0 Å². The number of rotatable bonds is 4. The Labute approximate surface area is 324 Å². The van der Waals surface area contributed by atoms with Crippen LogP contribution in [0.3, 0.4) is 0 Å². The van der Waals surface area contributed by atoms with Gasteiger partial charge in [0.1, 0.15) is 0 Å². The summed E-state index contributed by atoms with van der Waals surface area (Å²) in [4.78, 5) is 130. The van der Waals surface area contributed by atoms with Crippen LogP contribution < -0.4 is 20.4 Å². The number of carbonyl (C=O) groups excluding carboxylic acids is 12. The molecule has 20 nitrogen and oxygen atoms in total. The van der Waals surface area contributed by atoms with Gasteiger partial charge in [-0.15, -0.1) is 0 Å². The number of carboxylic acids is 4. The molecule has 8 rings (SSSR count). The summed E-state index contributed by atoms with van der Waals surface area (Å²) in [6.45, 7) is 0. The molecule has 0 amide bonds. The van der Waals surface area contributed by atoms with Crippen molar-refractivity contribution >= 4 is 71.6 Å². The largest absolute Gasteiger partial charge is 0.545 e. The van der Waals surface area contributed by atoms with Crippen molar-refractivity contribution in [3.63, 3.8) is 0 Å². The molecule has 4 aromatic rings. The Kier molecular flexibility index (Phi) is 12.0. The first-order chi connectivity index (χ1) is 26.4. The first-order valence-electron chi connectivity index (χ1n) is 14.9. The fraction of sp³-hybridized carbons (Fsp3) is 0. The second-order valence-corrected chi connectivity index (χ2v) is 10.9. The third-order valence-corrected chi connectivity index (χ3v) is 7.52. The first-order valence-corrected chi connectivity index (χ1v) is 14.9. The molecular weight excluding hydrogens is 807 g/mol. The van der Waals surface area contributed by atoms with E-state index in [-0.39, 0.29) is 83.8 Å². The molecule has 0 saturated heterocycles. The van der Waals surface area contributed by atoms with Gasteiger partial charge in [0.15, 0.2) is 0 Å². The van der Waals surface area contributed by atoms with E-state index in [1.165, 1.54) is 48.5 Å². The van der Waals surface area contributed by atoms with Gasteiger partial charge in [0.25, 0.3) is 0 Å². The normalized spacial score (nSPS) is 13.5. The molecule has 0 saturated carbocycles. The minimum absolute atomic E-state index is 0. The molecule has 4 aromatic carbocycles. The number of ether oxygens (including phenoxy) is 4. The van der Waals surface area contributed by atoms with Gasteiger partial charge < -0.3 is 58.6 Å². The zero-order chi connectivity index (χ0) is 41.2. The van der Waals surface area contributed by atoms with Crippen molar-refractivity contribution < 1.29 is 114 Å². The van der Waals surface area contributed by atoms with Gasteiger partial charge in [-0.05, 0) is 70.8 Å². The molecule has 0 unspecified atom stereocenters. The Bertz CT molecular complexity index is 2200. The average molecular weight is 819 g/mol. The van der Waals surface area contributed by atoms with Gasteiger partial charge in [-0.25, -0.2) is 38.4 Å². The summed E-state index contributed by atoms with van der Waals surface area (Å²) in [6.07, 6.45) is 0. The minimum atomic E-state index is -1.40. The molecule has 57 heavy (non-hydrogen) atoms. The van der Waals surface area contributed by atoms with Gasteiger partial charge in [0.2, 0.25) is 0 Å². The van der Waals surface area contributed by atoms with Crippen LogP contribution in [0.5, 0.6) is 0 Å². The number of hydrogen-bond donors (Lipinski definition) is 0. The maximum absolute atomic E-state index is 11.0. The van der Waals surface area contributed by atoms with E-state index < -0.39 is 71.6 Å². The molecule has 287 valence electrons. The molecule has 0 atom stereocenters. The van der Waals surface area contributed by atoms with Crippen LogP contribution in [-0.4, -0.2) is 71.6 Å². The Morgan fingerprint density at radius 3 is 0.614 bits per heavy atom. The number of esters is 8. The molecule has 0 aliphatic carbocycles. The predicted molar refractivity (Wildman–Crippen MR) is 162 cm³/mol. The summed E-state index contributed by atoms with van der Waals surface area (Å²) in [5, 5.41) is 41.8. The Morgan fingerprint density at radius 2 is 0.456 bits per heavy atom. The average Bonchev–Trinajstić information content (AvgIpc) is 3.82. The number of fused-ring (bicyclic) bond motifs is 4. The van der Waals surface area contributed by atoms with Gasteiger partial charge in [-0.1, -0.05) is 24.3 Å². The maximum atomic E-state index is 11.0. The zero-order valence-electron chi connectivity index (χ0n) is 27.5. The third-order valence-electron chi connectivity index (χ3n) is 7.52. The van der Waals surface area contributed by atoms with Crippen molar-refractivity contribution in [2.24, 2.45) is 0 Å². The van der Waals surface area contributed by atoms with E-state index in [0.717, 1.165) is 24.3 Å². The fourth-order valence-corrected chi connectivity index (χ4v) is 4.85. The van der Waals surface area contributed by atoms with Crippen molar-refractivity contribution in [3.8, 4) is 0 Å². The topological polar surface area (TPSA) is 334 Å². The molecule has 4 aliphatic heterocycles. The van der Waals surface area contributed by atoms with Crippen LogP contribution in [0.15, 0.2) is 72.8 Å². The summed E-state index contributed by atoms with van der Waals surface area (Å²) in [5.41, 5.74) is -0.418. The third kappa shape index (κ3) is 8.64. The number of carbonyl (C=O) groups is 12. The summed E-state index contributed by atoms with van der Waals surface area (Å²) < 4.78 is 17.1. The standard InChI is InChI=1S/4C9H4O5.Mn/c4*10-7(11)4-1-2-5-6(3-4)9(13)14-8(5)12;/h4*1-3H,(H,10,11);/p-4. The van der Waals surface area contributed by atoms with E-state index in [9.17, 15) is 78.0 Å². The van der Waals surface area contributed by atoms with Crippen molar-refractivity contribution in [2.45, 2.75) is 0 Å². The van der Waals surface area contributed by atoms with Crippen LogP contribution >= 0.6 is 0 Å². The smallest absolute Gasteiger partial charge is 0.346 e. The van der Waals surface area contributed by atoms with Gasteiger partial charge in [-0.2, -0.15) is 0 Å². The van der Waals surface area contributed by atoms with Crippen molar-refractivity contribution in [3.05, 3.63) is 140 Å². The minimum Gasteiger partial charge on any atom is -0.545 e. The molecule has 1 radical (unpaired) electrons. The Hall–Kier alpha value is -8.16. The number of aromatic carboxylic acids is 4. The van der Waals surface area contributed by atoms with Crippen molar-refractivity contribution in [2.75, 3.05) is 0 Å². The second kappa shape index (κ2) is 16.5. The number of hydrogen-bond acceptors (Lipinski definition) is 20. The van der Waals surface area contributed by atoms with E-state index in [0.29, 0.717) is 0 Å². The quantitative estimate of drug-likeness (QED) is 0.0884. The van der Waals surface area contributed by atoms with Crippen LogP contribution in [-0.2, 0) is 36.0 Å². The summed E-state index contributed by atoms with van der Waals surface area (Å²) in [7, 11) is 0. The Morgan fingerprint density at radius 1 is 0.298 bits per heavy atom. The van der Waals surface area contributed by atoms with E-state index in [2.05, 4.69) is 18.9 Å². The van der Waals surface area contributed by atoms with E-state index in [4.69, 9.17) is 0 Å². The maximum Gasteiger partial charge on any atom is 0.346 e. The van der Waals surface area contributed by atoms with Crippen molar-refractivity contribution in [1.29, 1.82) is 0 Å². The van der Waals surface area contributed by atoms with Crippen molar-refractivity contribution in [1.82, 2.24) is 0 Å². The number of cyclic esters (lactones) is 8. The molecule has 4 heterocycles. The molecule has 4 aliphatic rings. The fourth-order valence-electron chi connectivity index (χ4n) is 4.85. The molecule has 0 bridgehead atoms. The second-order valence-electron chi connectivity index (χ2n) is 10.9. The molecule has 0 spiro atoms. The Balaban J connectivity index is 0.000000167. The summed E-state index contributed by atoms with van der Waals surface area (Å²) in [6, 6.07) is 13.9. The molecular formula is C36H12MnO20-4. The van der Waals surface area contributed by atoms with Crippen LogP contribution in [0, 0.1) is 0 Å². The van der Waals surface area contributed by atoms with Gasteiger partial charge in [-0.3, -0.25) is 0 Å². The van der Waals surface area contributed by atoms with E-state index in [1.807, 2.05) is 0 Å². The number of carboxylic acid groups (broad SMARTS) is 4. The number of benzene rings is 4. The predicted octanol–water partition coefficient (Wildman–Crippen LogP) is -2.56. The van der Waals surface area contributed by atoms with Gasteiger partial charge >= 0.3 is 47.8 Å². The zero-order valence-corrected chi connectivity index (χ0v) is 28.7. The summed E-state index contributed by atoms with van der Waals surface area (Å²) >= 11 is 0. The molecule has 0 N–H and O–H groups in total. The van der Waals surface area contributed by atoms with Crippen LogP contribution in [0.4, 0.5) is 0 Å². The monoisotopic (exact) mass is 819 g/mol. The summed E-state index contributed by atoms with van der Waals surface area (Å²) in [5.74, 6) is -11.9. The van der Waals surface area contributed by atoms with Gasteiger partial charge in [0, 0.05) is 17.1 Å². The van der Waals surface area contributed by atoms with Crippen LogP contribution in [0.1, 0.15) is 124 Å². The van der Waals surface area contributed by atoms with E-state index >= 15 is 0 Å². The van der Waals surface area contributed by atoms with E-state index in [1.54, 1.807) is 0 Å². The molecule has 21 heteroatoms.